The average Bonchev–Trinajstić information content (AvgIpc) is 3.33. The number of methoxy groups -OCH3 is 1. The third kappa shape index (κ3) is 6.51. The zero-order chi connectivity index (χ0) is 27.3. The molecule has 2 heterocycles. The molecule has 2 aromatic carbocycles. The van der Waals surface area contributed by atoms with Crippen LogP contribution in [0.3, 0.4) is 0 Å². The summed E-state index contributed by atoms with van der Waals surface area (Å²) in [6.07, 6.45) is -3.50. The van der Waals surface area contributed by atoms with Gasteiger partial charge < -0.3 is 24.4 Å². The van der Waals surface area contributed by atoms with Crippen molar-refractivity contribution < 1.29 is 36.6 Å². The number of nitrogens with two attached hydrogens (primary N) is 1. The zero-order valence-electron chi connectivity index (χ0n) is 20.9. The highest BCUT2D eigenvalue weighted by Gasteiger charge is 2.35. The Morgan fingerprint density at radius 3 is 2.66 bits per heavy atom. The zero-order valence-corrected chi connectivity index (χ0v) is 20.9. The number of carbonyl (C=O) groups is 1. The fraction of sp³-hybridized carbons (Fsp3) is 0.286. The highest BCUT2D eigenvalue weighted by atomic mass is 19.4. The minimum Gasteiger partial charge on any atom is -0.489 e. The molecule has 0 amide bonds. The van der Waals surface area contributed by atoms with E-state index in [1.165, 1.54) is 7.11 Å². The number of ether oxygens (including phenoxy) is 3. The van der Waals surface area contributed by atoms with E-state index in [1.54, 1.807) is 61.7 Å². The molecule has 7 nitrogen and oxygen atoms in total. The van der Waals surface area contributed by atoms with Gasteiger partial charge >= 0.3 is 12.1 Å². The van der Waals surface area contributed by atoms with Crippen molar-refractivity contribution >= 4 is 16.9 Å². The number of furan rings is 1. The van der Waals surface area contributed by atoms with Crippen LogP contribution in [0.1, 0.15) is 29.5 Å². The molecule has 0 saturated heterocycles. The fourth-order valence-electron chi connectivity index (χ4n) is 4.05. The van der Waals surface area contributed by atoms with Crippen molar-refractivity contribution in [1.82, 2.24) is 4.98 Å². The fourth-order valence-corrected chi connectivity index (χ4v) is 4.05. The summed E-state index contributed by atoms with van der Waals surface area (Å²) in [5, 5.41) is 0.281. The highest BCUT2D eigenvalue weighted by Crippen LogP contribution is 2.38. The van der Waals surface area contributed by atoms with E-state index in [1.807, 2.05) is 0 Å². The van der Waals surface area contributed by atoms with Gasteiger partial charge in [-0.1, -0.05) is 18.2 Å². The first-order chi connectivity index (χ1) is 18.2. The first kappa shape index (κ1) is 27.2. The minimum atomic E-state index is -4.64. The quantitative estimate of drug-likeness (QED) is 0.265. The van der Waals surface area contributed by atoms with Crippen molar-refractivity contribution in [3.8, 4) is 16.9 Å². The van der Waals surface area contributed by atoms with Gasteiger partial charge in [-0.15, -0.1) is 0 Å². The van der Waals surface area contributed by atoms with Crippen molar-refractivity contribution in [2.24, 2.45) is 5.73 Å². The van der Waals surface area contributed by atoms with Gasteiger partial charge in [0.25, 0.3) is 0 Å². The van der Waals surface area contributed by atoms with Gasteiger partial charge in [-0.2, -0.15) is 13.2 Å². The summed E-state index contributed by atoms with van der Waals surface area (Å²) in [5.74, 6) is -1.06. The molecule has 38 heavy (non-hydrogen) atoms. The lowest BCUT2D eigenvalue weighted by atomic mass is 10.0. The molecule has 2 N–H and O–H groups in total. The number of aromatic nitrogens is 1. The average molecular weight is 529 g/mol. The molecule has 4 rings (SSSR count). The molecule has 2 aromatic heterocycles. The monoisotopic (exact) mass is 528 g/mol. The van der Waals surface area contributed by atoms with Gasteiger partial charge in [-0.25, -0.2) is 0 Å². The van der Waals surface area contributed by atoms with Crippen molar-refractivity contribution in [3.63, 3.8) is 0 Å². The van der Waals surface area contributed by atoms with Gasteiger partial charge in [0.1, 0.15) is 24.0 Å². The van der Waals surface area contributed by atoms with E-state index in [2.05, 4.69) is 4.98 Å². The van der Waals surface area contributed by atoms with Crippen LogP contribution in [-0.2, 0) is 40.0 Å². The van der Waals surface area contributed by atoms with Gasteiger partial charge in [0, 0.05) is 36.4 Å². The number of hydrogen-bond acceptors (Lipinski definition) is 7. The number of nitrogens with zero attached hydrogens (tertiary/aromatic N) is 1. The molecule has 4 aromatic rings. The molecule has 0 fully saturated rings. The molecule has 0 spiro atoms. The number of hydrogen-bond donors (Lipinski definition) is 1. The Labute approximate surface area is 217 Å². The molecule has 1 unspecified atom stereocenters. The summed E-state index contributed by atoms with van der Waals surface area (Å²) < 4.78 is 61.9. The highest BCUT2D eigenvalue weighted by molar-refractivity contribution is 5.93. The Balaban J connectivity index is 1.63. The molecule has 0 bridgehead atoms. The van der Waals surface area contributed by atoms with Crippen LogP contribution in [0.15, 0.2) is 65.2 Å². The van der Waals surface area contributed by atoms with Crippen molar-refractivity contribution in [2.75, 3.05) is 13.7 Å². The lowest BCUT2D eigenvalue weighted by Gasteiger charge is -2.15. The Morgan fingerprint density at radius 1 is 1.13 bits per heavy atom. The molecule has 0 aliphatic heterocycles. The smallest absolute Gasteiger partial charge is 0.449 e. The summed E-state index contributed by atoms with van der Waals surface area (Å²) in [6.45, 7) is 2.23. The summed E-state index contributed by atoms with van der Waals surface area (Å²) in [5.41, 5.74) is 8.69. The van der Waals surface area contributed by atoms with E-state index in [0.717, 1.165) is 6.07 Å². The third-order valence-corrected chi connectivity index (χ3v) is 5.73. The number of benzene rings is 2. The topological polar surface area (TPSA) is 96.8 Å². The van der Waals surface area contributed by atoms with E-state index >= 15 is 0 Å². The first-order valence-corrected chi connectivity index (χ1v) is 11.9. The molecule has 0 aliphatic rings. The van der Waals surface area contributed by atoms with Crippen LogP contribution >= 0.6 is 0 Å². The predicted octanol–water partition coefficient (Wildman–Crippen LogP) is 5.67. The standard InChI is InChI=1S/C28H27F3N2O5/c1-17(15-35-2)37-26(34)13-20-5-3-4-6-24(20)36-16-18-9-21-12-25(28(29,30)31)38-27(21)23(10-18)19-7-8-33-22(11-19)14-32/h3-12,17H,13-16,32H2,1-2H3. The summed E-state index contributed by atoms with van der Waals surface area (Å²) in [7, 11) is 1.52. The maximum Gasteiger partial charge on any atom is 0.449 e. The molecule has 0 aliphatic carbocycles. The molecule has 0 saturated carbocycles. The van der Waals surface area contributed by atoms with Crippen molar-refractivity contribution in [2.45, 2.75) is 38.8 Å². The molecule has 1 atom stereocenters. The number of fused-ring (bicyclic) bond motifs is 1. The lowest BCUT2D eigenvalue weighted by molar-refractivity contribution is -0.152. The molecular weight excluding hydrogens is 501 g/mol. The second-order valence-corrected chi connectivity index (χ2v) is 8.74. The number of carbonyl (C=O) groups excluding carboxylic acids is 1. The van der Waals surface area contributed by atoms with Gasteiger partial charge in [-0.3, -0.25) is 9.78 Å². The van der Waals surface area contributed by atoms with Crippen molar-refractivity contribution in [1.29, 1.82) is 0 Å². The largest absolute Gasteiger partial charge is 0.489 e. The van der Waals surface area contributed by atoms with Gasteiger partial charge in [-0.05, 0) is 54.4 Å². The van der Waals surface area contributed by atoms with Gasteiger partial charge in [0.2, 0.25) is 5.76 Å². The number of rotatable bonds is 10. The maximum absolute atomic E-state index is 13.4. The second-order valence-electron chi connectivity index (χ2n) is 8.74. The number of esters is 1. The van der Waals surface area contributed by atoms with E-state index in [9.17, 15) is 18.0 Å². The van der Waals surface area contributed by atoms with Crippen LogP contribution in [0.25, 0.3) is 22.1 Å². The van der Waals surface area contributed by atoms with Crippen LogP contribution < -0.4 is 10.5 Å². The van der Waals surface area contributed by atoms with E-state index in [4.69, 9.17) is 24.4 Å². The number of alkyl halides is 3. The molecule has 10 heteroatoms. The Bertz CT molecular complexity index is 1420. The number of halogens is 3. The number of pyridine rings is 1. The molecule has 200 valence electrons. The lowest BCUT2D eigenvalue weighted by Crippen LogP contribution is -2.21. The van der Waals surface area contributed by atoms with E-state index in [0.29, 0.717) is 33.7 Å². The predicted molar refractivity (Wildman–Crippen MR) is 134 cm³/mol. The second kappa shape index (κ2) is 11.7. The Kier molecular flexibility index (Phi) is 8.33. The Hall–Kier alpha value is -3.89. The third-order valence-electron chi connectivity index (χ3n) is 5.73. The van der Waals surface area contributed by atoms with Crippen molar-refractivity contribution in [3.05, 3.63) is 83.4 Å². The minimum absolute atomic E-state index is 0.00985. The van der Waals surface area contributed by atoms with Gasteiger partial charge in [0.15, 0.2) is 0 Å². The molecule has 0 radical (unpaired) electrons. The molecular formula is C28H27F3N2O5. The maximum atomic E-state index is 13.4. The summed E-state index contributed by atoms with van der Waals surface area (Å²) in [4.78, 5) is 16.5. The summed E-state index contributed by atoms with van der Waals surface area (Å²) >= 11 is 0. The summed E-state index contributed by atoms with van der Waals surface area (Å²) in [6, 6.07) is 14.7. The van der Waals surface area contributed by atoms with Crippen LogP contribution in [-0.4, -0.2) is 30.8 Å². The van der Waals surface area contributed by atoms with E-state index < -0.39 is 24.0 Å². The normalized spacial score (nSPS) is 12.5. The van der Waals surface area contributed by atoms with Crippen LogP contribution in [0.4, 0.5) is 13.2 Å². The number of para-hydroxylation sites is 1. The first-order valence-electron chi connectivity index (χ1n) is 11.9. The Morgan fingerprint density at radius 2 is 1.92 bits per heavy atom. The van der Waals surface area contributed by atoms with Crippen LogP contribution in [0.5, 0.6) is 5.75 Å². The van der Waals surface area contributed by atoms with E-state index in [-0.39, 0.29) is 37.1 Å². The van der Waals surface area contributed by atoms with Crippen LogP contribution in [0.2, 0.25) is 0 Å². The van der Waals surface area contributed by atoms with Gasteiger partial charge in [0.05, 0.1) is 18.7 Å². The van der Waals surface area contributed by atoms with Crippen LogP contribution in [0, 0.1) is 0 Å². The SMILES string of the molecule is COCC(C)OC(=O)Cc1ccccc1OCc1cc(-c2ccnc(CN)c2)c2oc(C(F)(F)F)cc2c1.